The molecule has 0 saturated carbocycles. The molecule has 0 bridgehead atoms. The molecule has 0 amide bonds. The Morgan fingerprint density at radius 1 is 1.33 bits per heavy atom. The second-order valence-electron chi connectivity index (χ2n) is 5.77. The molecule has 4 nitrogen and oxygen atoms in total. The average Bonchev–Trinajstić information content (AvgIpc) is 2.51. The van der Waals surface area contributed by atoms with Crippen LogP contribution in [0.15, 0.2) is 12.3 Å². The van der Waals surface area contributed by atoms with Crippen LogP contribution < -0.4 is 10.2 Å². The summed E-state index contributed by atoms with van der Waals surface area (Å²) in [5, 5.41) is 3.17. The molecule has 1 aromatic rings. The summed E-state index contributed by atoms with van der Waals surface area (Å²) in [5.74, 6) is 1.79. The van der Waals surface area contributed by atoms with Crippen LogP contribution in [-0.4, -0.2) is 29.6 Å². The highest BCUT2D eigenvalue weighted by molar-refractivity contribution is 5.42. The van der Waals surface area contributed by atoms with Gasteiger partial charge in [-0.1, -0.05) is 13.8 Å². The first-order valence-corrected chi connectivity index (χ1v) is 6.92. The largest absolute Gasteiger partial charge is 0.356 e. The van der Waals surface area contributed by atoms with Gasteiger partial charge in [-0.25, -0.2) is 4.98 Å². The summed E-state index contributed by atoms with van der Waals surface area (Å²) in [4.78, 5) is 11.2. The standard InChI is InChI=1S/C14H24N4/c1-4-15-13-16-9-6-12(17-13)18-10-5-7-14(2,3)8-11-18/h6,9H,4-5,7-8,10-11H2,1-3H3,(H,15,16,17). The van der Waals surface area contributed by atoms with Gasteiger partial charge in [0.2, 0.25) is 5.95 Å². The third-order valence-corrected chi connectivity index (χ3v) is 3.64. The lowest BCUT2D eigenvalue weighted by Gasteiger charge is -2.24. The van der Waals surface area contributed by atoms with E-state index in [9.17, 15) is 0 Å². The first-order valence-electron chi connectivity index (χ1n) is 6.92. The summed E-state index contributed by atoms with van der Waals surface area (Å²) in [7, 11) is 0. The molecule has 1 aliphatic rings. The Balaban J connectivity index is 2.08. The zero-order valence-corrected chi connectivity index (χ0v) is 11.7. The predicted molar refractivity (Wildman–Crippen MR) is 76.0 cm³/mol. The minimum Gasteiger partial charge on any atom is -0.356 e. The number of nitrogens with one attached hydrogen (secondary N) is 1. The van der Waals surface area contributed by atoms with E-state index < -0.39 is 0 Å². The van der Waals surface area contributed by atoms with Crippen molar-refractivity contribution >= 4 is 11.8 Å². The topological polar surface area (TPSA) is 41.1 Å². The van der Waals surface area contributed by atoms with Crippen molar-refractivity contribution in [3.05, 3.63) is 12.3 Å². The number of hydrogen-bond acceptors (Lipinski definition) is 4. The van der Waals surface area contributed by atoms with Gasteiger partial charge in [-0.15, -0.1) is 0 Å². The lowest BCUT2D eigenvalue weighted by molar-refractivity contribution is 0.325. The highest BCUT2D eigenvalue weighted by Gasteiger charge is 2.23. The molecule has 18 heavy (non-hydrogen) atoms. The van der Waals surface area contributed by atoms with E-state index in [1.807, 2.05) is 12.3 Å². The SMILES string of the molecule is CCNc1nccc(N2CCCC(C)(C)CC2)n1. The Morgan fingerprint density at radius 3 is 2.94 bits per heavy atom. The molecule has 1 aliphatic heterocycles. The fraction of sp³-hybridized carbons (Fsp3) is 0.714. The molecule has 4 heteroatoms. The third kappa shape index (κ3) is 3.34. The molecule has 0 unspecified atom stereocenters. The number of hydrogen-bond donors (Lipinski definition) is 1. The van der Waals surface area contributed by atoms with E-state index in [0.717, 1.165) is 31.4 Å². The molecule has 1 N–H and O–H groups in total. The Kier molecular flexibility index (Phi) is 4.04. The molecule has 0 aromatic carbocycles. The molecule has 1 saturated heterocycles. The van der Waals surface area contributed by atoms with Gasteiger partial charge in [-0.3, -0.25) is 0 Å². The van der Waals surface area contributed by atoms with Crippen molar-refractivity contribution in [3.63, 3.8) is 0 Å². The smallest absolute Gasteiger partial charge is 0.224 e. The fourth-order valence-corrected chi connectivity index (χ4v) is 2.42. The second kappa shape index (κ2) is 5.55. The molecule has 100 valence electrons. The number of rotatable bonds is 3. The Hall–Kier alpha value is -1.32. The summed E-state index contributed by atoms with van der Waals surface area (Å²) in [6.45, 7) is 9.84. The van der Waals surface area contributed by atoms with Crippen molar-refractivity contribution in [1.82, 2.24) is 9.97 Å². The van der Waals surface area contributed by atoms with Crippen LogP contribution >= 0.6 is 0 Å². The third-order valence-electron chi connectivity index (χ3n) is 3.64. The maximum absolute atomic E-state index is 4.58. The monoisotopic (exact) mass is 248 g/mol. The summed E-state index contributed by atoms with van der Waals surface area (Å²) >= 11 is 0. The van der Waals surface area contributed by atoms with E-state index >= 15 is 0 Å². The van der Waals surface area contributed by atoms with E-state index in [2.05, 4.69) is 41.0 Å². The highest BCUT2D eigenvalue weighted by atomic mass is 15.2. The van der Waals surface area contributed by atoms with Crippen LogP contribution in [0.4, 0.5) is 11.8 Å². The van der Waals surface area contributed by atoms with Gasteiger partial charge in [-0.2, -0.15) is 4.98 Å². The van der Waals surface area contributed by atoms with Crippen LogP contribution in [0.5, 0.6) is 0 Å². The summed E-state index contributed by atoms with van der Waals surface area (Å²) < 4.78 is 0. The van der Waals surface area contributed by atoms with E-state index in [0.29, 0.717) is 5.41 Å². The van der Waals surface area contributed by atoms with E-state index in [4.69, 9.17) is 0 Å². The molecule has 0 spiro atoms. The summed E-state index contributed by atoms with van der Waals surface area (Å²) in [6, 6.07) is 2.01. The van der Waals surface area contributed by atoms with Crippen molar-refractivity contribution in [3.8, 4) is 0 Å². The first kappa shape index (κ1) is 13.1. The van der Waals surface area contributed by atoms with Crippen molar-refractivity contribution in [1.29, 1.82) is 0 Å². The van der Waals surface area contributed by atoms with Crippen LogP contribution in [0, 0.1) is 5.41 Å². The van der Waals surface area contributed by atoms with Crippen molar-refractivity contribution in [2.45, 2.75) is 40.0 Å². The van der Waals surface area contributed by atoms with Crippen LogP contribution in [0.1, 0.15) is 40.0 Å². The van der Waals surface area contributed by atoms with Crippen molar-refractivity contribution in [2.75, 3.05) is 29.9 Å². The van der Waals surface area contributed by atoms with Gasteiger partial charge in [0, 0.05) is 25.8 Å². The number of aromatic nitrogens is 2. The Morgan fingerprint density at radius 2 is 2.17 bits per heavy atom. The van der Waals surface area contributed by atoms with Gasteiger partial charge in [0.25, 0.3) is 0 Å². The lowest BCUT2D eigenvalue weighted by atomic mass is 9.85. The molecule has 0 radical (unpaired) electrons. The molecule has 2 heterocycles. The first-order chi connectivity index (χ1) is 8.61. The van der Waals surface area contributed by atoms with Crippen molar-refractivity contribution < 1.29 is 0 Å². The molecular formula is C14H24N4. The normalized spacial score (nSPS) is 19.4. The minimum atomic E-state index is 0.465. The van der Waals surface area contributed by atoms with Crippen LogP contribution in [0.2, 0.25) is 0 Å². The van der Waals surface area contributed by atoms with Crippen LogP contribution in [0.25, 0.3) is 0 Å². The van der Waals surface area contributed by atoms with Crippen molar-refractivity contribution in [2.24, 2.45) is 5.41 Å². The molecule has 1 aromatic heterocycles. The van der Waals surface area contributed by atoms with Gasteiger partial charge in [0.05, 0.1) is 0 Å². The van der Waals surface area contributed by atoms with Gasteiger partial charge < -0.3 is 10.2 Å². The molecule has 0 aliphatic carbocycles. The summed E-state index contributed by atoms with van der Waals surface area (Å²) in [5.41, 5.74) is 0.465. The van der Waals surface area contributed by atoms with Gasteiger partial charge in [0.15, 0.2) is 0 Å². The lowest BCUT2D eigenvalue weighted by Crippen LogP contribution is -2.26. The van der Waals surface area contributed by atoms with Gasteiger partial charge in [0.1, 0.15) is 5.82 Å². The van der Waals surface area contributed by atoms with Gasteiger partial charge in [-0.05, 0) is 37.7 Å². The molecule has 2 rings (SSSR count). The number of anilines is 2. The van der Waals surface area contributed by atoms with Gasteiger partial charge >= 0.3 is 0 Å². The molecule has 1 fully saturated rings. The predicted octanol–water partition coefficient (Wildman–Crippen LogP) is 2.92. The minimum absolute atomic E-state index is 0.465. The Bertz CT molecular complexity index is 389. The quantitative estimate of drug-likeness (QED) is 0.893. The second-order valence-corrected chi connectivity index (χ2v) is 5.77. The number of nitrogens with zero attached hydrogens (tertiary/aromatic N) is 3. The highest BCUT2D eigenvalue weighted by Crippen LogP contribution is 2.31. The zero-order chi connectivity index (χ0) is 13.0. The Labute approximate surface area is 110 Å². The summed E-state index contributed by atoms with van der Waals surface area (Å²) in [6.07, 6.45) is 5.62. The zero-order valence-electron chi connectivity index (χ0n) is 11.7. The molecular weight excluding hydrogens is 224 g/mol. The molecule has 0 atom stereocenters. The average molecular weight is 248 g/mol. The van der Waals surface area contributed by atoms with E-state index in [-0.39, 0.29) is 0 Å². The van der Waals surface area contributed by atoms with Crippen LogP contribution in [0.3, 0.4) is 0 Å². The maximum atomic E-state index is 4.58. The van der Waals surface area contributed by atoms with Crippen LogP contribution in [-0.2, 0) is 0 Å². The maximum Gasteiger partial charge on any atom is 0.224 e. The fourth-order valence-electron chi connectivity index (χ4n) is 2.42. The van der Waals surface area contributed by atoms with E-state index in [1.54, 1.807) is 0 Å². The van der Waals surface area contributed by atoms with E-state index in [1.165, 1.54) is 19.3 Å².